The second kappa shape index (κ2) is 5.74. The molecule has 9 heavy (non-hydrogen) atoms. The summed E-state index contributed by atoms with van der Waals surface area (Å²) in [4.78, 5) is 0. The number of halogens is 2. The summed E-state index contributed by atoms with van der Waals surface area (Å²) in [5.41, 5.74) is 0. The summed E-state index contributed by atoms with van der Waals surface area (Å²) < 4.78 is 1.02. The Hall–Kier alpha value is 0.980. The number of rotatable bonds is 3. The fourth-order valence-electron chi connectivity index (χ4n) is 0.534. The molecule has 0 aromatic carbocycles. The Labute approximate surface area is 80.0 Å². The molecule has 0 saturated heterocycles. The summed E-state index contributed by atoms with van der Waals surface area (Å²) in [5, 5.41) is 0. The van der Waals surface area contributed by atoms with Gasteiger partial charge in [0.1, 0.15) is 0 Å². The van der Waals surface area contributed by atoms with E-state index in [4.69, 9.17) is 11.6 Å². The third-order valence-electron chi connectivity index (χ3n) is 0.963. The molecule has 0 saturated carbocycles. The molecule has 0 unspecified atom stereocenters. The van der Waals surface area contributed by atoms with Crippen molar-refractivity contribution in [3.8, 4) is 0 Å². The summed E-state index contributed by atoms with van der Waals surface area (Å²) >= 11 is 5.50. The molecule has 0 fully saturated rings. The average molecular weight is 264 g/mol. The van der Waals surface area contributed by atoms with Gasteiger partial charge in [-0.25, -0.2) is 0 Å². The molecule has 58 valence electrons. The Balaban J connectivity index is 0. The van der Waals surface area contributed by atoms with E-state index in [0.717, 1.165) is 16.8 Å². The predicted octanol–water partition coefficient (Wildman–Crippen LogP) is -1.67. The average Bonchev–Trinajstić information content (AvgIpc) is 1.59. The molecule has 0 aromatic rings. The van der Waals surface area contributed by atoms with Crippen LogP contribution in [-0.4, -0.2) is 38.1 Å². The highest BCUT2D eigenvalue weighted by atomic mass is 127. The van der Waals surface area contributed by atoms with Crippen molar-refractivity contribution in [3.63, 3.8) is 0 Å². The summed E-state index contributed by atoms with van der Waals surface area (Å²) in [6, 6.07) is 0. The third kappa shape index (κ3) is 12.2. The monoisotopic (exact) mass is 263 g/mol. The number of nitrogens with zero attached hydrogens (tertiary/aromatic N) is 1. The lowest BCUT2D eigenvalue weighted by atomic mass is 10.4. The molecule has 3 heteroatoms. The van der Waals surface area contributed by atoms with Gasteiger partial charge in [-0.05, 0) is 0 Å². The van der Waals surface area contributed by atoms with Gasteiger partial charge in [0.25, 0.3) is 0 Å². The first kappa shape index (κ1) is 12.6. The van der Waals surface area contributed by atoms with E-state index in [1.165, 1.54) is 6.54 Å². The van der Waals surface area contributed by atoms with Gasteiger partial charge in [0.05, 0.1) is 27.7 Å². The third-order valence-corrected chi connectivity index (χ3v) is 1.23. The molecular weight excluding hydrogens is 248 g/mol. The molecule has 1 nitrogen and oxygen atoms in total. The Kier molecular flexibility index (Phi) is 8.06. The van der Waals surface area contributed by atoms with Crippen molar-refractivity contribution >= 4 is 11.6 Å². The molecule has 0 radical (unpaired) electrons. The second-order valence-corrected chi connectivity index (χ2v) is 3.43. The van der Waals surface area contributed by atoms with Crippen molar-refractivity contribution < 1.29 is 28.5 Å². The van der Waals surface area contributed by atoms with Crippen LogP contribution in [0.1, 0.15) is 6.42 Å². The van der Waals surface area contributed by atoms with Crippen LogP contribution >= 0.6 is 11.6 Å². The van der Waals surface area contributed by atoms with Gasteiger partial charge in [-0.3, -0.25) is 0 Å². The van der Waals surface area contributed by atoms with Crippen LogP contribution in [0.2, 0.25) is 0 Å². The summed E-state index contributed by atoms with van der Waals surface area (Å²) in [6.07, 6.45) is 1.12. The van der Waals surface area contributed by atoms with Crippen LogP contribution in [0.3, 0.4) is 0 Å². The molecule has 0 aliphatic carbocycles. The van der Waals surface area contributed by atoms with Crippen LogP contribution in [0.4, 0.5) is 0 Å². The minimum Gasteiger partial charge on any atom is -1.00 e. The Morgan fingerprint density at radius 3 is 1.78 bits per heavy atom. The highest BCUT2D eigenvalue weighted by Gasteiger charge is 2.03. The van der Waals surface area contributed by atoms with E-state index in [1.54, 1.807) is 0 Å². The standard InChI is InChI=1S/C6H15ClN.HI/c1-8(2,3)6-4-5-7;/h4-6H2,1-3H3;1H/q+1;/p-1. The Bertz CT molecular complexity index is 60.6. The first-order valence-corrected chi connectivity index (χ1v) is 3.46. The van der Waals surface area contributed by atoms with Gasteiger partial charge < -0.3 is 28.5 Å². The zero-order valence-corrected chi connectivity index (χ0v) is 9.24. The van der Waals surface area contributed by atoms with E-state index < -0.39 is 0 Å². The fraction of sp³-hybridized carbons (Fsp3) is 1.00. The van der Waals surface area contributed by atoms with E-state index in [1.807, 2.05) is 0 Å². The SMILES string of the molecule is C[N+](C)(C)CCCCl.[I-]. The van der Waals surface area contributed by atoms with Crippen LogP contribution in [0.5, 0.6) is 0 Å². The zero-order chi connectivity index (χ0) is 6.62. The van der Waals surface area contributed by atoms with Gasteiger partial charge in [0.15, 0.2) is 0 Å². The van der Waals surface area contributed by atoms with Crippen molar-refractivity contribution in [2.75, 3.05) is 33.6 Å². The largest absolute Gasteiger partial charge is 1.00 e. The van der Waals surface area contributed by atoms with Crippen molar-refractivity contribution in [1.29, 1.82) is 0 Å². The zero-order valence-electron chi connectivity index (χ0n) is 6.32. The van der Waals surface area contributed by atoms with Crippen molar-refractivity contribution in [2.45, 2.75) is 6.42 Å². The molecule has 0 spiro atoms. The smallest absolute Gasteiger partial charge is 0.0791 e. The molecule has 0 atom stereocenters. The minimum atomic E-state index is 0. The molecule has 0 bridgehead atoms. The van der Waals surface area contributed by atoms with Crippen molar-refractivity contribution in [2.24, 2.45) is 0 Å². The second-order valence-electron chi connectivity index (χ2n) is 3.06. The Morgan fingerprint density at radius 1 is 1.22 bits per heavy atom. The minimum absolute atomic E-state index is 0. The van der Waals surface area contributed by atoms with Gasteiger partial charge in [0, 0.05) is 12.3 Å². The van der Waals surface area contributed by atoms with Crippen LogP contribution in [0, 0.1) is 0 Å². The molecule has 0 aliphatic heterocycles. The van der Waals surface area contributed by atoms with Gasteiger partial charge in [-0.15, -0.1) is 11.6 Å². The normalized spacial score (nSPS) is 10.7. The van der Waals surface area contributed by atoms with Gasteiger partial charge in [-0.2, -0.15) is 0 Å². The lowest BCUT2D eigenvalue weighted by Gasteiger charge is -2.22. The number of quaternary nitrogens is 1. The highest BCUT2D eigenvalue weighted by molar-refractivity contribution is 6.17. The lowest BCUT2D eigenvalue weighted by Crippen LogP contribution is -3.00. The Morgan fingerprint density at radius 2 is 1.67 bits per heavy atom. The van der Waals surface area contributed by atoms with Crippen LogP contribution in [-0.2, 0) is 0 Å². The maximum Gasteiger partial charge on any atom is 0.0791 e. The molecule has 0 aromatic heterocycles. The molecular formula is C6H15ClIN. The lowest BCUT2D eigenvalue weighted by molar-refractivity contribution is -0.870. The number of hydrogen-bond acceptors (Lipinski definition) is 0. The number of alkyl halides is 1. The first-order valence-electron chi connectivity index (χ1n) is 2.93. The summed E-state index contributed by atoms with van der Waals surface area (Å²) in [7, 11) is 6.52. The fourth-order valence-corrected chi connectivity index (χ4v) is 0.654. The van der Waals surface area contributed by atoms with Crippen LogP contribution in [0.15, 0.2) is 0 Å². The topological polar surface area (TPSA) is 0 Å². The van der Waals surface area contributed by atoms with Gasteiger partial charge in [-0.1, -0.05) is 0 Å². The molecule has 0 amide bonds. The van der Waals surface area contributed by atoms with Gasteiger partial charge in [0.2, 0.25) is 0 Å². The molecule has 0 heterocycles. The molecule has 0 rings (SSSR count). The predicted molar refractivity (Wildman–Crippen MR) is 38.2 cm³/mol. The maximum absolute atomic E-state index is 5.50. The van der Waals surface area contributed by atoms with Gasteiger partial charge >= 0.3 is 0 Å². The number of hydrogen-bond donors (Lipinski definition) is 0. The van der Waals surface area contributed by atoms with Crippen molar-refractivity contribution in [3.05, 3.63) is 0 Å². The quantitative estimate of drug-likeness (QED) is 0.324. The molecule has 0 aliphatic rings. The van der Waals surface area contributed by atoms with E-state index >= 15 is 0 Å². The maximum atomic E-state index is 5.50. The first-order chi connectivity index (χ1) is 3.56. The van der Waals surface area contributed by atoms with E-state index in [2.05, 4.69) is 21.1 Å². The van der Waals surface area contributed by atoms with Crippen LogP contribution in [0.25, 0.3) is 0 Å². The molecule has 0 N–H and O–H groups in total. The summed E-state index contributed by atoms with van der Waals surface area (Å²) in [5.74, 6) is 0.787. The van der Waals surface area contributed by atoms with Crippen LogP contribution < -0.4 is 24.0 Å². The van der Waals surface area contributed by atoms with E-state index in [9.17, 15) is 0 Å². The highest BCUT2D eigenvalue weighted by Crippen LogP contribution is 1.93. The van der Waals surface area contributed by atoms with E-state index in [-0.39, 0.29) is 24.0 Å². The van der Waals surface area contributed by atoms with Crippen molar-refractivity contribution in [1.82, 2.24) is 0 Å². The summed E-state index contributed by atoms with van der Waals surface area (Å²) in [6.45, 7) is 1.17. The van der Waals surface area contributed by atoms with E-state index in [0.29, 0.717) is 0 Å².